The number of nitrogens with one attached hydrogen (secondary N) is 1. The molecule has 1 aliphatic carbocycles. The number of aliphatic imine (C=N–C) groups is 1. The van der Waals surface area contributed by atoms with E-state index < -0.39 is 0 Å². The van der Waals surface area contributed by atoms with Gasteiger partial charge in [-0.2, -0.15) is 0 Å². The zero-order valence-corrected chi connectivity index (χ0v) is 10.2. The molecule has 3 atom stereocenters. The molecule has 0 aromatic carbocycles. The number of hydrogen-bond acceptors (Lipinski definition) is 3. The Hall–Kier alpha value is -1.62. The van der Waals surface area contributed by atoms with Crippen molar-refractivity contribution in [1.29, 1.82) is 0 Å². The predicted molar refractivity (Wildman–Crippen MR) is 70.4 cm³/mol. The van der Waals surface area contributed by atoms with E-state index >= 15 is 0 Å². The smallest absolute Gasteiger partial charge is 0.194 e. The largest absolute Gasteiger partial charge is 0.378 e. The average molecular weight is 246 g/mol. The summed E-state index contributed by atoms with van der Waals surface area (Å²) >= 11 is 0. The summed E-state index contributed by atoms with van der Waals surface area (Å²) in [5.41, 5.74) is 5.90. The van der Waals surface area contributed by atoms with Crippen LogP contribution >= 0.6 is 0 Å². The third-order valence-electron chi connectivity index (χ3n) is 3.69. The fraction of sp³-hybridized carbons (Fsp3) is 0.538. The molecule has 3 N–H and O–H groups in total. The van der Waals surface area contributed by atoms with Crippen molar-refractivity contribution in [3.8, 4) is 0 Å². The van der Waals surface area contributed by atoms with Crippen LogP contribution in [0.3, 0.4) is 0 Å². The number of rotatable bonds is 2. The second-order valence-corrected chi connectivity index (χ2v) is 4.87. The first-order valence-electron chi connectivity index (χ1n) is 6.46. The van der Waals surface area contributed by atoms with Crippen LogP contribution in [0, 0.1) is 5.92 Å². The number of nitrogens with zero attached hydrogens (tertiary/aromatic N) is 2. The summed E-state index contributed by atoms with van der Waals surface area (Å²) in [5, 5.41) is 3.01. The number of hydrogen-bond donors (Lipinski definition) is 2. The number of ether oxygens (including phenoxy) is 1. The molecule has 5 nitrogen and oxygen atoms in total. The van der Waals surface area contributed by atoms with E-state index in [4.69, 9.17) is 10.5 Å². The first-order valence-corrected chi connectivity index (χ1v) is 6.46. The summed E-state index contributed by atoms with van der Waals surface area (Å²) in [4.78, 5) is 8.68. The minimum absolute atomic E-state index is 0.312. The van der Waals surface area contributed by atoms with Crippen LogP contribution in [0.4, 0.5) is 5.82 Å². The lowest BCUT2D eigenvalue weighted by Gasteiger charge is -2.45. The topological polar surface area (TPSA) is 72.5 Å². The van der Waals surface area contributed by atoms with Gasteiger partial charge >= 0.3 is 0 Å². The Kier molecular flexibility index (Phi) is 3.15. The van der Waals surface area contributed by atoms with Gasteiger partial charge < -0.3 is 15.8 Å². The maximum absolute atomic E-state index is 5.90. The Labute approximate surface area is 106 Å². The lowest BCUT2D eigenvalue weighted by atomic mass is 9.73. The van der Waals surface area contributed by atoms with Crippen LogP contribution in [0.1, 0.15) is 19.3 Å². The van der Waals surface area contributed by atoms with Gasteiger partial charge in [0.05, 0.1) is 12.1 Å². The van der Waals surface area contributed by atoms with Crippen LogP contribution < -0.4 is 11.1 Å². The van der Waals surface area contributed by atoms with Crippen molar-refractivity contribution < 1.29 is 4.74 Å². The van der Waals surface area contributed by atoms with Gasteiger partial charge in [0, 0.05) is 18.7 Å². The Bertz CT molecular complexity index is 434. The molecule has 0 spiro atoms. The maximum atomic E-state index is 5.90. The van der Waals surface area contributed by atoms with Gasteiger partial charge in [-0.1, -0.05) is 6.07 Å². The number of fused-ring (bicyclic) bond motifs is 1. The number of anilines is 1. The monoisotopic (exact) mass is 246 g/mol. The molecule has 1 aromatic rings. The third-order valence-corrected chi connectivity index (χ3v) is 3.69. The van der Waals surface area contributed by atoms with E-state index in [1.54, 1.807) is 6.20 Å². The van der Waals surface area contributed by atoms with Gasteiger partial charge in [-0.05, 0) is 31.4 Å². The third kappa shape index (κ3) is 2.31. The van der Waals surface area contributed by atoms with Crippen molar-refractivity contribution in [2.45, 2.75) is 31.4 Å². The van der Waals surface area contributed by atoms with Gasteiger partial charge in [0.25, 0.3) is 0 Å². The normalized spacial score (nSPS) is 31.3. The number of pyridine rings is 1. The van der Waals surface area contributed by atoms with Gasteiger partial charge in [0.2, 0.25) is 0 Å². The maximum Gasteiger partial charge on any atom is 0.194 e. The summed E-state index contributed by atoms with van der Waals surface area (Å²) in [7, 11) is 0. The molecule has 3 unspecified atom stereocenters. The Balaban J connectivity index is 1.59. The zero-order valence-electron chi connectivity index (χ0n) is 10.2. The van der Waals surface area contributed by atoms with Gasteiger partial charge in [0.15, 0.2) is 5.96 Å². The molecule has 1 aliphatic heterocycles. The van der Waals surface area contributed by atoms with Crippen LogP contribution in [0.15, 0.2) is 29.4 Å². The second-order valence-electron chi connectivity index (χ2n) is 4.87. The second kappa shape index (κ2) is 4.94. The van der Waals surface area contributed by atoms with E-state index in [0.717, 1.165) is 25.3 Å². The summed E-state index contributed by atoms with van der Waals surface area (Å²) < 4.78 is 5.66. The molecular formula is C13H18N4O. The molecule has 0 bridgehead atoms. The van der Waals surface area contributed by atoms with Crippen LogP contribution in [0.25, 0.3) is 0 Å². The average Bonchev–Trinajstić information content (AvgIpc) is 2.37. The molecule has 0 radical (unpaired) electrons. The molecule has 2 aliphatic rings. The lowest BCUT2D eigenvalue weighted by Crippen LogP contribution is -2.49. The highest BCUT2D eigenvalue weighted by molar-refractivity contribution is 5.91. The zero-order chi connectivity index (χ0) is 12.4. The van der Waals surface area contributed by atoms with Crippen molar-refractivity contribution in [3.05, 3.63) is 24.4 Å². The SMILES string of the molecule is NC(=NC1CC2OCCCC12)Nc1ccccn1. The number of nitrogens with two attached hydrogens (primary N) is 1. The van der Waals surface area contributed by atoms with Gasteiger partial charge in [-0.25, -0.2) is 9.98 Å². The molecular weight excluding hydrogens is 228 g/mol. The summed E-state index contributed by atoms with van der Waals surface area (Å²) in [6, 6.07) is 5.97. The summed E-state index contributed by atoms with van der Waals surface area (Å²) in [5.74, 6) is 1.74. The quantitative estimate of drug-likeness (QED) is 0.610. The first kappa shape index (κ1) is 11.5. The molecule has 1 saturated heterocycles. The van der Waals surface area contributed by atoms with Crippen molar-refractivity contribution in [2.75, 3.05) is 11.9 Å². The Morgan fingerprint density at radius 3 is 3.22 bits per heavy atom. The van der Waals surface area contributed by atoms with E-state index in [9.17, 15) is 0 Å². The van der Waals surface area contributed by atoms with Crippen LogP contribution in [-0.4, -0.2) is 29.7 Å². The van der Waals surface area contributed by atoms with Crippen molar-refractivity contribution >= 4 is 11.8 Å². The predicted octanol–water partition coefficient (Wildman–Crippen LogP) is 1.38. The fourth-order valence-electron chi connectivity index (χ4n) is 2.69. The molecule has 1 saturated carbocycles. The van der Waals surface area contributed by atoms with Crippen molar-refractivity contribution in [3.63, 3.8) is 0 Å². The highest BCUT2D eigenvalue weighted by Gasteiger charge is 2.43. The van der Waals surface area contributed by atoms with Gasteiger partial charge in [0.1, 0.15) is 5.82 Å². The highest BCUT2D eigenvalue weighted by atomic mass is 16.5. The van der Waals surface area contributed by atoms with E-state index in [1.165, 1.54) is 6.42 Å². The van der Waals surface area contributed by atoms with Crippen LogP contribution in [0.5, 0.6) is 0 Å². The standard InChI is InChI=1S/C13H18N4O/c14-13(17-12-5-1-2-6-15-12)16-10-8-11-9(10)4-3-7-18-11/h1-2,5-6,9-11H,3-4,7-8H2,(H3,14,15,16,17). The van der Waals surface area contributed by atoms with Gasteiger partial charge in [-0.15, -0.1) is 0 Å². The molecule has 3 rings (SSSR count). The van der Waals surface area contributed by atoms with Crippen LogP contribution in [-0.2, 0) is 4.74 Å². The van der Waals surface area contributed by atoms with E-state index in [1.807, 2.05) is 18.2 Å². The Morgan fingerprint density at radius 2 is 2.44 bits per heavy atom. The van der Waals surface area contributed by atoms with Gasteiger partial charge in [-0.3, -0.25) is 0 Å². The number of aromatic nitrogens is 1. The first-order chi connectivity index (χ1) is 8.83. The van der Waals surface area contributed by atoms with Crippen molar-refractivity contribution in [2.24, 2.45) is 16.6 Å². The molecule has 0 amide bonds. The van der Waals surface area contributed by atoms with Crippen molar-refractivity contribution in [1.82, 2.24) is 4.98 Å². The minimum atomic E-state index is 0.312. The minimum Gasteiger partial charge on any atom is -0.378 e. The van der Waals surface area contributed by atoms with E-state index in [0.29, 0.717) is 24.0 Å². The van der Waals surface area contributed by atoms with E-state index in [-0.39, 0.29) is 0 Å². The molecule has 18 heavy (non-hydrogen) atoms. The van der Waals surface area contributed by atoms with E-state index in [2.05, 4.69) is 15.3 Å². The summed E-state index contributed by atoms with van der Waals surface area (Å²) in [6.45, 7) is 0.902. The molecule has 2 fully saturated rings. The fourth-order valence-corrected chi connectivity index (χ4v) is 2.69. The molecule has 2 heterocycles. The number of guanidine groups is 1. The molecule has 96 valence electrons. The molecule has 1 aromatic heterocycles. The Morgan fingerprint density at radius 1 is 1.50 bits per heavy atom. The van der Waals surface area contributed by atoms with Crippen LogP contribution in [0.2, 0.25) is 0 Å². The summed E-state index contributed by atoms with van der Waals surface area (Å²) in [6.07, 6.45) is 5.48. The molecule has 5 heteroatoms. The lowest BCUT2D eigenvalue weighted by molar-refractivity contribution is -0.0937. The highest BCUT2D eigenvalue weighted by Crippen LogP contribution is 2.39.